The van der Waals surface area contributed by atoms with Crippen LogP contribution in [0.25, 0.3) is 0 Å². The van der Waals surface area contributed by atoms with Gasteiger partial charge in [0.05, 0.1) is 0 Å². The summed E-state index contributed by atoms with van der Waals surface area (Å²) in [6.45, 7) is 5.88. The Hall–Kier alpha value is -3.36. The van der Waals surface area contributed by atoms with Crippen molar-refractivity contribution in [2.24, 2.45) is 0 Å². The highest BCUT2D eigenvalue weighted by molar-refractivity contribution is 6.07. The number of carbonyl (C=O) groups excluding carboxylic acids is 2. The maximum atomic E-state index is 13.7. The first-order chi connectivity index (χ1) is 16.4. The molecule has 1 aromatic heterocycles. The van der Waals surface area contributed by atoms with Gasteiger partial charge in [-0.2, -0.15) is 0 Å². The summed E-state index contributed by atoms with van der Waals surface area (Å²) in [5, 5.41) is 0. The molecule has 1 saturated heterocycles. The number of nitrogens with two attached hydrogens (primary N) is 1. The molecule has 9 nitrogen and oxygen atoms in total. The van der Waals surface area contributed by atoms with Gasteiger partial charge in [0.1, 0.15) is 5.82 Å². The summed E-state index contributed by atoms with van der Waals surface area (Å²) in [5.74, 6) is -0.235. The van der Waals surface area contributed by atoms with E-state index in [1.165, 1.54) is 9.47 Å². The Morgan fingerprint density at radius 2 is 1.88 bits per heavy atom. The van der Waals surface area contributed by atoms with Crippen LogP contribution in [0.4, 0.5) is 11.5 Å². The van der Waals surface area contributed by atoms with Gasteiger partial charge in [0.2, 0.25) is 5.91 Å². The highest BCUT2D eigenvalue weighted by Crippen LogP contribution is 2.22. The van der Waals surface area contributed by atoms with Gasteiger partial charge < -0.3 is 15.5 Å². The van der Waals surface area contributed by atoms with Crippen LogP contribution in [-0.2, 0) is 17.9 Å². The second-order valence-electron chi connectivity index (χ2n) is 8.78. The number of nitrogens with one attached hydrogen (secondary N) is 1. The molecule has 0 aliphatic carbocycles. The number of unbranched alkanes of at least 4 members (excludes halogenated alkanes) is 3. The highest BCUT2D eigenvalue weighted by atomic mass is 16.2. The average Bonchev–Trinajstić information content (AvgIpc) is 3.21. The lowest BCUT2D eigenvalue weighted by atomic mass is 10.1. The lowest BCUT2D eigenvalue weighted by Crippen LogP contribution is -2.41. The van der Waals surface area contributed by atoms with E-state index in [1.807, 2.05) is 13.0 Å². The molecule has 0 bridgehead atoms. The molecule has 1 fully saturated rings. The predicted molar refractivity (Wildman–Crippen MR) is 133 cm³/mol. The van der Waals surface area contributed by atoms with Crippen LogP contribution in [0, 0.1) is 0 Å². The summed E-state index contributed by atoms with van der Waals surface area (Å²) in [7, 11) is 0. The summed E-state index contributed by atoms with van der Waals surface area (Å²) < 4.78 is 1.33. The number of aromatic amines is 1. The van der Waals surface area contributed by atoms with Gasteiger partial charge in [0.15, 0.2) is 5.69 Å². The van der Waals surface area contributed by atoms with Crippen LogP contribution < -0.4 is 21.9 Å². The Bertz CT molecular complexity index is 1140. The minimum absolute atomic E-state index is 0.00543. The van der Waals surface area contributed by atoms with Gasteiger partial charge >= 0.3 is 5.69 Å². The molecule has 3 N–H and O–H groups in total. The van der Waals surface area contributed by atoms with E-state index in [1.54, 1.807) is 23.1 Å². The normalized spacial score (nSPS) is 13.5. The molecule has 9 heteroatoms. The molecule has 184 valence electrons. The van der Waals surface area contributed by atoms with Crippen molar-refractivity contribution >= 4 is 23.3 Å². The number of nitrogen functional groups attached to an aromatic ring is 1. The summed E-state index contributed by atoms with van der Waals surface area (Å²) >= 11 is 0. The molecular formula is C25H35N5O4. The number of rotatable bonds is 11. The zero-order valence-electron chi connectivity index (χ0n) is 20.1. The summed E-state index contributed by atoms with van der Waals surface area (Å²) in [6, 6.07) is 7.12. The van der Waals surface area contributed by atoms with Crippen molar-refractivity contribution in [3.05, 3.63) is 56.2 Å². The lowest BCUT2D eigenvalue weighted by Gasteiger charge is -2.25. The Balaban J connectivity index is 1.98. The summed E-state index contributed by atoms with van der Waals surface area (Å²) in [5.41, 5.74) is 6.34. The van der Waals surface area contributed by atoms with Gasteiger partial charge in [-0.25, -0.2) is 4.79 Å². The molecule has 1 aromatic carbocycles. The molecular weight excluding hydrogens is 434 g/mol. The third kappa shape index (κ3) is 5.76. The standard InChI is InChI=1S/C25H35N5O4/c1-3-5-7-15-29(21-22(26)30(14-6-4-2)25(34)27-23(21)32)24(33)19-11-8-10-18(16-19)17-28-13-9-12-20(28)31/h8,10-11,16H,3-7,9,12-15,17,26H2,1-2H3,(H,27,32,34). The number of aromatic nitrogens is 2. The van der Waals surface area contributed by atoms with Crippen LogP contribution in [0.5, 0.6) is 0 Å². The number of amides is 2. The van der Waals surface area contributed by atoms with Gasteiger partial charge in [-0.15, -0.1) is 0 Å². The number of anilines is 2. The molecule has 2 heterocycles. The fraction of sp³-hybridized carbons (Fsp3) is 0.520. The number of benzene rings is 1. The molecule has 3 rings (SSSR count). The van der Waals surface area contributed by atoms with E-state index in [-0.39, 0.29) is 23.3 Å². The van der Waals surface area contributed by atoms with Crippen LogP contribution >= 0.6 is 0 Å². The lowest BCUT2D eigenvalue weighted by molar-refractivity contribution is -0.128. The van der Waals surface area contributed by atoms with Crippen molar-refractivity contribution in [1.29, 1.82) is 0 Å². The number of carbonyl (C=O) groups is 2. The van der Waals surface area contributed by atoms with Crippen LogP contribution in [0.1, 0.15) is 74.7 Å². The first-order valence-corrected chi connectivity index (χ1v) is 12.2. The smallest absolute Gasteiger partial charge is 0.330 e. The molecule has 0 unspecified atom stereocenters. The molecule has 0 radical (unpaired) electrons. The van der Waals surface area contributed by atoms with E-state index in [9.17, 15) is 19.2 Å². The predicted octanol–water partition coefficient (Wildman–Crippen LogP) is 2.88. The average molecular weight is 470 g/mol. The van der Waals surface area contributed by atoms with Gasteiger partial charge in [-0.1, -0.05) is 45.2 Å². The molecule has 2 aromatic rings. The van der Waals surface area contributed by atoms with E-state index in [4.69, 9.17) is 5.73 Å². The quantitative estimate of drug-likeness (QED) is 0.490. The number of hydrogen-bond donors (Lipinski definition) is 2. The molecule has 1 aliphatic heterocycles. The number of nitrogens with zero attached hydrogens (tertiary/aromatic N) is 3. The zero-order chi connectivity index (χ0) is 24.7. The number of hydrogen-bond acceptors (Lipinski definition) is 5. The molecule has 34 heavy (non-hydrogen) atoms. The Morgan fingerprint density at radius 1 is 1.12 bits per heavy atom. The zero-order valence-corrected chi connectivity index (χ0v) is 20.1. The van der Waals surface area contributed by atoms with E-state index < -0.39 is 11.2 Å². The Kier molecular flexibility index (Phi) is 8.67. The second-order valence-corrected chi connectivity index (χ2v) is 8.78. The van der Waals surface area contributed by atoms with E-state index in [0.29, 0.717) is 44.6 Å². The van der Waals surface area contributed by atoms with Crippen molar-refractivity contribution in [2.75, 3.05) is 23.7 Å². The van der Waals surface area contributed by atoms with Crippen LogP contribution in [0.15, 0.2) is 33.9 Å². The fourth-order valence-electron chi connectivity index (χ4n) is 4.26. The maximum absolute atomic E-state index is 13.7. The van der Waals surface area contributed by atoms with Gasteiger partial charge in [0.25, 0.3) is 11.5 Å². The molecule has 0 atom stereocenters. The largest absolute Gasteiger partial charge is 0.383 e. The third-order valence-electron chi connectivity index (χ3n) is 6.17. The molecule has 1 aliphatic rings. The summed E-state index contributed by atoms with van der Waals surface area (Å²) in [6.07, 6.45) is 5.50. The van der Waals surface area contributed by atoms with E-state index in [2.05, 4.69) is 11.9 Å². The maximum Gasteiger partial charge on any atom is 0.330 e. The molecule has 2 amide bonds. The second kappa shape index (κ2) is 11.7. The van der Waals surface area contributed by atoms with Crippen molar-refractivity contribution in [1.82, 2.24) is 14.5 Å². The fourth-order valence-corrected chi connectivity index (χ4v) is 4.26. The topological polar surface area (TPSA) is 121 Å². The number of likely N-dealkylation sites (tertiary alicyclic amines) is 1. The first-order valence-electron chi connectivity index (χ1n) is 12.2. The van der Waals surface area contributed by atoms with Crippen molar-refractivity contribution in [2.45, 2.75) is 71.9 Å². The van der Waals surface area contributed by atoms with Crippen molar-refractivity contribution < 1.29 is 9.59 Å². The molecule has 0 saturated carbocycles. The Labute approximate surface area is 199 Å². The number of H-pyrrole nitrogens is 1. The van der Waals surface area contributed by atoms with Crippen molar-refractivity contribution in [3.63, 3.8) is 0 Å². The van der Waals surface area contributed by atoms with Crippen LogP contribution in [0.3, 0.4) is 0 Å². The minimum Gasteiger partial charge on any atom is -0.383 e. The van der Waals surface area contributed by atoms with Gasteiger partial charge in [0, 0.05) is 38.2 Å². The van der Waals surface area contributed by atoms with E-state index >= 15 is 0 Å². The first kappa shape index (κ1) is 25.3. The van der Waals surface area contributed by atoms with Gasteiger partial charge in [-0.3, -0.25) is 23.9 Å². The summed E-state index contributed by atoms with van der Waals surface area (Å²) in [4.78, 5) is 56.4. The third-order valence-corrected chi connectivity index (χ3v) is 6.17. The molecule has 0 spiro atoms. The SMILES string of the molecule is CCCCCN(C(=O)c1cccc(CN2CCCC2=O)c1)c1c(N)n(CCCC)c(=O)[nH]c1=O. The highest BCUT2D eigenvalue weighted by Gasteiger charge is 2.26. The van der Waals surface area contributed by atoms with E-state index in [0.717, 1.165) is 37.7 Å². The minimum atomic E-state index is -0.668. The van der Waals surface area contributed by atoms with Crippen LogP contribution in [0.2, 0.25) is 0 Å². The van der Waals surface area contributed by atoms with Crippen molar-refractivity contribution in [3.8, 4) is 0 Å². The Morgan fingerprint density at radius 3 is 2.56 bits per heavy atom. The monoisotopic (exact) mass is 469 g/mol. The van der Waals surface area contributed by atoms with Gasteiger partial charge in [-0.05, 0) is 37.0 Å². The van der Waals surface area contributed by atoms with Crippen LogP contribution in [-0.4, -0.2) is 39.4 Å².